The van der Waals surface area contributed by atoms with Gasteiger partial charge in [-0.1, -0.05) is 30.3 Å². The standard InChI is InChI=1S/C19H22N6O/c1-15-17(16-5-3-2-4-6-16)13-25(22-15)14-18(26)23-9-11-24(12-10-23)19-20-7-8-21-19/h2-8,13H,9-12,14H2,1H3,(H,20,21). The summed E-state index contributed by atoms with van der Waals surface area (Å²) < 4.78 is 1.75. The number of aryl methyl sites for hydroxylation is 1. The second-order valence-corrected chi connectivity index (χ2v) is 6.47. The number of carbonyl (C=O) groups excluding carboxylic acids is 1. The van der Waals surface area contributed by atoms with Crippen LogP contribution in [0, 0.1) is 6.92 Å². The molecule has 0 radical (unpaired) electrons. The fourth-order valence-corrected chi connectivity index (χ4v) is 3.34. The number of aromatic nitrogens is 4. The number of rotatable bonds is 4. The maximum atomic E-state index is 12.6. The Morgan fingerprint density at radius 2 is 1.92 bits per heavy atom. The monoisotopic (exact) mass is 350 g/mol. The van der Waals surface area contributed by atoms with Crippen LogP contribution in [0.4, 0.5) is 5.95 Å². The maximum Gasteiger partial charge on any atom is 0.244 e. The summed E-state index contributed by atoms with van der Waals surface area (Å²) in [5.41, 5.74) is 3.13. The second-order valence-electron chi connectivity index (χ2n) is 6.47. The SMILES string of the molecule is Cc1nn(CC(=O)N2CCN(c3ncc[nH]3)CC2)cc1-c1ccccc1. The number of hydrogen-bond acceptors (Lipinski definition) is 4. The molecule has 7 nitrogen and oxygen atoms in total. The summed E-state index contributed by atoms with van der Waals surface area (Å²) in [5, 5.41) is 4.52. The van der Waals surface area contributed by atoms with E-state index in [4.69, 9.17) is 0 Å². The highest BCUT2D eigenvalue weighted by molar-refractivity contribution is 5.76. The number of imidazole rings is 1. The van der Waals surface area contributed by atoms with Crippen molar-refractivity contribution in [3.63, 3.8) is 0 Å². The molecular formula is C19H22N6O. The highest BCUT2D eigenvalue weighted by Crippen LogP contribution is 2.22. The first-order valence-corrected chi connectivity index (χ1v) is 8.82. The molecule has 7 heteroatoms. The molecule has 0 atom stereocenters. The number of hydrogen-bond donors (Lipinski definition) is 1. The van der Waals surface area contributed by atoms with Crippen LogP contribution in [0.15, 0.2) is 48.9 Å². The predicted molar refractivity (Wildman–Crippen MR) is 99.8 cm³/mol. The van der Waals surface area contributed by atoms with Gasteiger partial charge in [0.2, 0.25) is 11.9 Å². The van der Waals surface area contributed by atoms with Crippen molar-refractivity contribution in [2.45, 2.75) is 13.5 Å². The lowest BCUT2D eigenvalue weighted by molar-refractivity contribution is -0.132. The van der Waals surface area contributed by atoms with Crippen LogP contribution in [-0.4, -0.2) is 56.7 Å². The average Bonchev–Trinajstić information content (AvgIpc) is 3.32. The summed E-state index contributed by atoms with van der Waals surface area (Å²) in [5.74, 6) is 0.971. The van der Waals surface area contributed by atoms with Crippen molar-refractivity contribution in [1.82, 2.24) is 24.6 Å². The highest BCUT2D eigenvalue weighted by atomic mass is 16.2. The summed E-state index contributed by atoms with van der Waals surface area (Å²) in [4.78, 5) is 24.1. The first-order valence-electron chi connectivity index (χ1n) is 8.82. The van der Waals surface area contributed by atoms with Gasteiger partial charge in [0.15, 0.2) is 0 Å². The van der Waals surface area contributed by atoms with Crippen LogP contribution in [0.3, 0.4) is 0 Å². The number of nitrogens with zero attached hydrogens (tertiary/aromatic N) is 5. The number of H-pyrrole nitrogens is 1. The van der Waals surface area contributed by atoms with Gasteiger partial charge in [-0.2, -0.15) is 5.10 Å². The molecule has 0 saturated carbocycles. The fourth-order valence-electron chi connectivity index (χ4n) is 3.34. The van der Waals surface area contributed by atoms with E-state index < -0.39 is 0 Å². The van der Waals surface area contributed by atoms with E-state index in [9.17, 15) is 4.79 Å². The third kappa shape index (κ3) is 3.33. The van der Waals surface area contributed by atoms with Gasteiger partial charge in [-0.05, 0) is 12.5 Å². The third-order valence-corrected chi connectivity index (χ3v) is 4.74. The van der Waals surface area contributed by atoms with E-state index in [2.05, 4.69) is 32.1 Å². The van der Waals surface area contributed by atoms with Crippen molar-refractivity contribution in [2.75, 3.05) is 31.1 Å². The van der Waals surface area contributed by atoms with Gasteiger partial charge in [0.25, 0.3) is 0 Å². The zero-order valence-electron chi connectivity index (χ0n) is 14.8. The van der Waals surface area contributed by atoms with Crippen LogP contribution in [-0.2, 0) is 11.3 Å². The quantitative estimate of drug-likeness (QED) is 0.781. The zero-order chi connectivity index (χ0) is 17.9. The summed E-state index contributed by atoms with van der Waals surface area (Å²) in [7, 11) is 0. The van der Waals surface area contributed by atoms with Crippen molar-refractivity contribution >= 4 is 11.9 Å². The number of piperazine rings is 1. The topological polar surface area (TPSA) is 70.1 Å². The van der Waals surface area contributed by atoms with Gasteiger partial charge >= 0.3 is 0 Å². The number of anilines is 1. The van der Waals surface area contributed by atoms with E-state index in [1.165, 1.54) is 0 Å². The average molecular weight is 350 g/mol. The van der Waals surface area contributed by atoms with Crippen LogP contribution in [0.1, 0.15) is 5.69 Å². The van der Waals surface area contributed by atoms with Crippen molar-refractivity contribution in [3.8, 4) is 11.1 Å². The lowest BCUT2D eigenvalue weighted by Gasteiger charge is -2.34. The minimum atomic E-state index is 0.103. The smallest absolute Gasteiger partial charge is 0.244 e. The van der Waals surface area contributed by atoms with Crippen molar-refractivity contribution < 1.29 is 4.79 Å². The van der Waals surface area contributed by atoms with E-state index in [-0.39, 0.29) is 12.5 Å². The molecule has 1 N–H and O–H groups in total. The van der Waals surface area contributed by atoms with E-state index in [1.54, 1.807) is 10.9 Å². The summed E-state index contributed by atoms with van der Waals surface area (Å²) in [6.45, 7) is 5.22. The first kappa shape index (κ1) is 16.4. The summed E-state index contributed by atoms with van der Waals surface area (Å²) >= 11 is 0. The van der Waals surface area contributed by atoms with E-state index in [1.807, 2.05) is 42.4 Å². The Kier molecular flexibility index (Phi) is 4.43. The minimum Gasteiger partial charge on any atom is -0.339 e. The molecule has 1 fully saturated rings. The number of benzene rings is 1. The molecule has 4 rings (SSSR count). The Morgan fingerprint density at radius 3 is 2.62 bits per heavy atom. The molecule has 1 amide bonds. The van der Waals surface area contributed by atoms with Crippen LogP contribution < -0.4 is 4.90 Å². The number of nitrogens with one attached hydrogen (secondary N) is 1. The molecule has 3 aromatic rings. The molecule has 2 aromatic heterocycles. The Hall–Kier alpha value is -3.09. The lowest BCUT2D eigenvalue weighted by Crippen LogP contribution is -2.50. The van der Waals surface area contributed by atoms with Crippen LogP contribution in [0.5, 0.6) is 0 Å². The van der Waals surface area contributed by atoms with Crippen molar-refractivity contribution in [1.29, 1.82) is 0 Å². The van der Waals surface area contributed by atoms with Gasteiger partial charge in [-0.25, -0.2) is 4.98 Å². The Labute approximate surface area is 152 Å². The van der Waals surface area contributed by atoms with Gasteiger partial charge < -0.3 is 14.8 Å². The zero-order valence-corrected chi connectivity index (χ0v) is 14.8. The molecule has 26 heavy (non-hydrogen) atoms. The molecule has 0 spiro atoms. The van der Waals surface area contributed by atoms with E-state index in [0.717, 1.165) is 35.9 Å². The van der Waals surface area contributed by atoms with Crippen LogP contribution >= 0.6 is 0 Å². The molecule has 1 saturated heterocycles. The van der Waals surface area contributed by atoms with Gasteiger partial charge in [0, 0.05) is 50.3 Å². The molecule has 1 aliphatic rings. The minimum absolute atomic E-state index is 0.103. The molecule has 0 bridgehead atoms. The number of aromatic amines is 1. The van der Waals surface area contributed by atoms with E-state index >= 15 is 0 Å². The summed E-state index contributed by atoms with van der Waals surface area (Å²) in [6, 6.07) is 10.1. The Balaban J connectivity index is 1.38. The fraction of sp³-hybridized carbons (Fsp3) is 0.316. The molecule has 0 aliphatic carbocycles. The highest BCUT2D eigenvalue weighted by Gasteiger charge is 2.22. The van der Waals surface area contributed by atoms with Gasteiger partial charge in [-0.3, -0.25) is 9.48 Å². The molecule has 1 aromatic carbocycles. The second kappa shape index (κ2) is 7.03. The van der Waals surface area contributed by atoms with Crippen LogP contribution in [0.2, 0.25) is 0 Å². The van der Waals surface area contributed by atoms with Crippen molar-refractivity contribution in [2.24, 2.45) is 0 Å². The third-order valence-electron chi connectivity index (χ3n) is 4.74. The normalized spacial score (nSPS) is 14.7. The molecule has 134 valence electrons. The van der Waals surface area contributed by atoms with Gasteiger partial charge in [0.05, 0.1) is 5.69 Å². The van der Waals surface area contributed by atoms with Crippen molar-refractivity contribution in [3.05, 3.63) is 54.6 Å². The van der Waals surface area contributed by atoms with Crippen LogP contribution in [0.25, 0.3) is 11.1 Å². The Bertz CT molecular complexity index is 863. The largest absolute Gasteiger partial charge is 0.339 e. The molecule has 1 aliphatic heterocycles. The van der Waals surface area contributed by atoms with E-state index in [0.29, 0.717) is 13.1 Å². The predicted octanol–water partition coefficient (Wildman–Crippen LogP) is 1.93. The lowest BCUT2D eigenvalue weighted by atomic mass is 10.1. The maximum absolute atomic E-state index is 12.6. The molecule has 3 heterocycles. The molecule has 0 unspecified atom stereocenters. The molecular weight excluding hydrogens is 328 g/mol. The number of carbonyl (C=O) groups is 1. The first-order chi connectivity index (χ1) is 12.7. The number of amides is 1. The summed E-state index contributed by atoms with van der Waals surface area (Å²) in [6.07, 6.45) is 5.52. The Morgan fingerprint density at radius 1 is 1.15 bits per heavy atom. The van der Waals surface area contributed by atoms with Gasteiger partial charge in [0.1, 0.15) is 6.54 Å². The van der Waals surface area contributed by atoms with Gasteiger partial charge in [-0.15, -0.1) is 0 Å².